The van der Waals surface area contributed by atoms with E-state index in [-0.39, 0.29) is 23.5 Å². The second kappa shape index (κ2) is 10.5. The number of hydrogen-bond acceptors (Lipinski definition) is 8. The zero-order chi connectivity index (χ0) is 25.1. The first-order chi connectivity index (χ1) is 14.3. The Morgan fingerprint density at radius 2 is 0.938 bits per heavy atom. The van der Waals surface area contributed by atoms with Gasteiger partial charge in [0.2, 0.25) is 0 Å². The Balaban J connectivity index is 3.49. The van der Waals surface area contributed by atoms with Crippen molar-refractivity contribution in [3.8, 4) is 11.5 Å². The van der Waals surface area contributed by atoms with Crippen LogP contribution < -0.4 is 0 Å². The summed E-state index contributed by atoms with van der Waals surface area (Å²) in [5.41, 5.74) is -3.98. The van der Waals surface area contributed by atoms with E-state index in [2.05, 4.69) is 0 Å². The van der Waals surface area contributed by atoms with Crippen molar-refractivity contribution in [2.75, 3.05) is 23.0 Å². The van der Waals surface area contributed by atoms with E-state index in [0.29, 0.717) is 0 Å². The molecule has 0 bridgehead atoms. The van der Waals surface area contributed by atoms with Crippen LogP contribution in [-0.4, -0.2) is 59.2 Å². The highest BCUT2D eigenvalue weighted by Gasteiger charge is 2.46. The first kappa shape index (κ1) is 29.0. The molecule has 0 heterocycles. The molecule has 0 atom stereocenters. The molecule has 0 spiro atoms. The van der Waals surface area contributed by atoms with Crippen LogP contribution in [0.2, 0.25) is 0 Å². The van der Waals surface area contributed by atoms with Crippen LogP contribution in [0, 0.1) is 0 Å². The summed E-state index contributed by atoms with van der Waals surface area (Å²) < 4.78 is 141. The van der Waals surface area contributed by atoms with Gasteiger partial charge in [-0.1, -0.05) is 0 Å². The molecule has 8 nitrogen and oxygen atoms in total. The van der Waals surface area contributed by atoms with Crippen molar-refractivity contribution in [1.82, 2.24) is 0 Å². The molecule has 0 aliphatic heterocycles. The van der Waals surface area contributed by atoms with Gasteiger partial charge in [-0.3, -0.25) is 9.11 Å². The second-order valence-corrected chi connectivity index (χ2v) is 11.4. The van der Waals surface area contributed by atoms with Gasteiger partial charge in [0.15, 0.2) is 0 Å². The maximum absolute atomic E-state index is 13.5. The number of halogens is 6. The minimum Gasteiger partial charge on any atom is -0.506 e. The molecule has 0 saturated carbocycles. The fraction of sp³-hybridized carbons (Fsp3) is 0.571. The summed E-state index contributed by atoms with van der Waals surface area (Å²) >= 11 is -0.00219. The minimum atomic E-state index is -5.43. The van der Waals surface area contributed by atoms with Crippen molar-refractivity contribution in [3.63, 3.8) is 0 Å². The summed E-state index contributed by atoms with van der Waals surface area (Å²) in [4.78, 5) is -2.78. The summed E-state index contributed by atoms with van der Waals surface area (Å²) in [6, 6.07) is 0. The zero-order valence-electron chi connectivity index (χ0n) is 15.6. The normalized spacial score (nSPS) is 13.5. The molecule has 0 aromatic heterocycles. The van der Waals surface area contributed by atoms with Crippen molar-refractivity contribution in [1.29, 1.82) is 0 Å². The van der Waals surface area contributed by atoms with Crippen LogP contribution in [0.1, 0.15) is 24.0 Å². The molecular weight excluding hydrogens is 538 g/mol. The lowest BCUT2D eigenvalue weighted by atomic mass is 10.1. The van der Waals surface area contributed by atoms with E-state index in [1.54, 1.807) is 0 Å². The standard InChI is InChI=1S/C14H16F6O8S4/c15-13(16,17)7-10(22)12(30-4-2-6-32(26,27)28)8(14(18,19)20)9(21)11(7)29-3-1-5-31(23,24)25/h21-22H,1-6H2,(H,23,24,25)(H,26,27,28). The fourth-order valence-electron chi connectivity index (χ4n) is 2.32. The molecule has 0 saturated heterocycles. The number of phenols is 2. The summed E-state index contributed by atoms with van der Waals surface area (Å²) in [6.07, 6.45) is -11.8. The maximum atomic E-state index is 13.5. The number of rotatable bonds is 10. The van der Waals surface area contributed by atoms with Crippen molar-refractivity contribution >= 4 is 43.8 Å². The van der Waals surface area contributed by atoms with E-state index in [9.17, 15) is 53.4 Å². The Morgan fingerprint density at radius 1 is 0.656 bits per heavy atom. The van der Waals surface area contributed by atoms with Gasteiger partial charge in [0.25, 0.3) is 20.2 Å². The van der Waals surface area contributed by atoms with Gasteiger partial charge in [-0.25, -0.2) is 0 Å². The van der Waals surface area contributed by atoms with Crippen LogP contribution in [0.25, 0.3) is 0 Å². The van der Waals surface area contributed by atoms with Crippen molar-refractivity contribution in [2.45, 2.75) is 35.0 Å². The fourth-order valence-corrected chi connectivity index (χ4v) is 5.88. The average molecular weight is 555 g/mol. The molecule has 18 heteroatoms. The quantitative estimate of drug-likeness (QED) is 0.110. The van der Waals surface area contributed by atoms with Gasteiger partial charge in [0.1, 0.15) is 22.6 Å². The Hall–Kier alpha value is -1.08. The van der Waals surface area contributed by atoms with Crippen molar-refractivity contribution < 1.29 is 62.5 Å². The van der Waals surface area contributed by atoms with Crippen LogP contribution in [-0.2, 0) is 32.6 Å². The number of alkyl halides is 6. The molecule has 0 fully saturated rings. The lowest BCUT2D eigenvalue weighted by molar-refractivity contribution is -0.147. The summed E-state index contributed by atoms with van der Waals surface area (Å²) in [6.45, 7) is 0. The summed E-state index contributed by atoms with van der Waals surface area (Å²) in [5, 5.41) is 20.1. The van der Waals surface area contributed by atoms with Crippen LogP contribution in [0.15, 0.2) is 9.79 Å². The third-order valence-electron chi connectivity index (χ3n) is 3.51. The van der Waals surface area contributed by atoms with E-state index in [0.717, 1.165) is 0 Å². The smallest absolute Gasteiger partial charge is 0.421 e. The first-order valence-electron chi connectivity index (χ1n) is 8.18. The van der Waals surface area contributed by atoms with Crippen LogP contribution in [0.4, 0.5) is 26.3 Å². The second-order valence-electron chi connectivity index (χ2n) is 6.08. The van der Waals surface area contributed by atoms with E-state index in [1.807, 2.05) is 0 Å². The summed E-state index contributed by atoms with van der Waals surface area (Å²) in [5.74, 6) is -6.63. The molecule has 0 aliphatic carbocycles. The Kier molecular flexibility index (Phi) is 9.46. The molecule has 0 amide bonds. The number of thioether (sulfide) groups is 2. The van der Waals surface area contributed by atoms with Crippen LogP contribution >= 0.6 is 23.5 Å². The van der Waals surface area contributed by atoms with E-state index >= 15 is 0 Å². The largest absolute Gasteiger partial charge is 0.506 e. The van der Waals surface area contributed by atoms with E-state index in [4.69, 9.17) is 9.11 Å². The average Bonchev–Trinajstić information content (AvgIpc) is 2.54. The molecule has 32 heavy (non-hydrogen) atoms. The topological polar surface area (TPSA) is 149 Å². The number of phenolic OH excluding ortho intramolecular Hbond substituents is 2. The van der Waals surface area contributed by atoms with Gasteiger partial charge in [-0.15, -0.1) is 23.5 Å². The molecule has 186 valence electrons. The van der Waals surface area contributed by atoms with Crippen LogP contribution in [0.5, 0.6) is 11.5 Å². The van der Waals surface area contributed by atoms with Crippen LogP contribution in [0.3, 0.4) is 0 Å². The third kappa shape index (κ3) is 8.69. The van der Waals surface area contributed by atoms with Gasteiger partial charge >= 0.3 is 12.4 Å². The molecule has 0 radical (unpaired) electrons. The monoisotopic (exact) mass is 554 g/mol. The highest BCUT2D eigenvalue weighted by molar-refractivity contribution is 8.00. The van der Waals surface area contributed by atoms with E-state index in [1.165, 1.54) is 0 Å². The molecular formula is C14H16F6O8S4. The van der Waals surface area contributed by atoms with Crippen molar-refractivity contribution in [3.05, 3.63) is 11.1 Å². The highest BCUT2D eigenvalue weighted by Crippen LogP contribution is 2.56. The van der Waals surface area contributed by atoms with E-state index < -0.39 is 101 Å². The molecule has 1 aromatic rings. The Morgan fingerprint density at radius 3 is 1.16 bits per heavy atom. The number of hydrogen-bond donors (Lipinski definition) is 4. The Bertz CT molecular complexity index is 951. The first-order valence-corrected chi connectivity index (χ1v) is 13.4. The highest BCUT2D eigenvalue weighted by atomic mass is 32.2. The van der Waals surface area contributed by atoms with Gasteiger partial charge in [-0.05, 0) is 24.3 Å². The SMILES string of the molecule is O=S(=O)(O)CCCSc1c(O)c(C(F)(F)F)c(SCCCS(=O)(=O)O)c(O)c1C(F)(F)F. The number of aromatic hydroxyl groups is 2. The predicted octanol–water partition coefficient (Wildman–Crippen LogP) is 3.88. The lowest BCUT2D eigenvalue weighted by Gasteiger charge is -2.23. The predicted molar refractivity (Wildman–Crippen MR) is 103 cm³/mol. The maximum Gasteiger partial charge on any atom is 0.421 e. The Labute approximate surface area is 186 Å². The molecule has 4 N–H and O–H groups in total. The summed E-state index contributed by atoms with van der Waals surface area (Å²) in [7, 11) is -8.98. The molecule has 1 aromatic carbocycles. The van der Waals surface area contributed by atoms with Crippen molar-refractivity contribution in [2.24, 2.45) is 0 Å². The lowest BCUT2D eigenvalue weighted by Crippen LogP contribution is -2.15. The third-order valence-corrected chi connectivity index (χ3v) is 7.48. The molecule has 1 rings (SSSR count). The molecule has 0 unspecified atom stereocenters. The van der Waals surface area contributed by atoms with Gasteiger partial charge in [0, 0.05) is 0 Å². The van der Waals surface area contributed by atoms with Gasteiger partial charge in [-0.2, -0.15) is 43.2 Å². The van der Waals surface area contributed by atoms with Gasteiger partial charge < -0.3 is 10.2 Å². The zero-order valence-corrected chi connectivity index (χ0v) is 18.8. The van der Waals surface area contributed by atoms with Gasteiger partial charge in [0.05, 0.1) is 21.3 Å². The molecule has 0 aliphatic rings. The minimum absolute atomic E-state index is 0.00109. The number of benzene rings is 1.